The van der Waals surface area contributed by atoms with Gasteiger partial charge in [0.2, 0.25) is 0 Å². The molecule has 1 heterocycles. The summed E-state index contributed by atoms with van der Waals surface area (Å²) in [7, 11) is 0. The summed E-state index contributed by atoms with van der Waals surface area (Å²) in [5.41, 5.74) is 2.80. The van der Waals surface area contributed by atoms with Crippen LogP contribution in [0.25, 0.3) is 0 Å². The van der Waals surface area contributed by atoms with E-state index in [1.807, 2.05) is 0 Å². The third-order valence-corrected chi connectivity index (χ3v) is 3.74. The highest BCUT2D eigenvalue weighted by atomic mass is 15.0. The van der Waals surface area contributed by atoms with Crippen molar-refractivity contribution < 1.29 is 0 Å². The van der Waals surface area contributed by atoms with Crippen LogP contribution in [0.1, 0.15) is 43.4 Å². The average molecular weight is 232 g/mol. The third kappa shape index (κ3) is 3.55. The van der Waals surface area contributed by atoms with Crippen LogP contribution < -0.4 is 10.6 Å². The minimum absolute atomic E-state index is 0.444. The molecule has 1 aliphatic heterocycles. The molecule has 0 radical (unpaired) electrons. The Labute approximate surface area is 105 Å². The lowest BCUT2D eigenvalue weighted by Gasteiger charge is -2.26. The quantitative estimate of drug-likeness (QED) is 0.834. The molecule has 2 N–H and O–H groups in total. The minimum atomic E-state index is 0.444. The van der Waals surface area contributed by atoms with Crippen LogP contribution in [0.4, 0.5) is 0 Å². The molecule has 0 aliphatic carbocycles. The number of nitrogens with one attached hydrogen (secondary N) is 2. The number of hydrogen-bond acceptors (Lipinski definition) is 2. The van der Waals surface area contributed by atoms with Crippen LogP contribution in [0.2, 0.25) is 0 Å². The number of hydrogen-bond donors (Lipinski definition) is 2. The predicted molar refractivity (Wildman–Crippen MR) is 73.2 cm³/mol. The molecule has 94 valence electrons. The Bertz CT molecular complexity index is 343. The third-order valence-electron chi connectivity index (χ3n) is 3.74. The molecule has 0 aromatic heterocycles. The molecule has 2 heteroatoms. The van der Waals surface area contributed by atoms with Crippen molar-refractivity contribution in [2.45, 2.75) is 45.2 Å². The molecule has 1 aromatic rings. The van der Waals surface area contributed by atoms with Gasteiger partial charge in [0.1, 0.15) is 0 Å². The number of piperidine rings is 1. The van der Waals surface area contributed by atoms with E-state index >= 15 is 0 Å². The smallest absolute Gasteiger partial charge is 0.0295 e. The second-order valence-corrected chi connectivity index (χ2v) is 5.13. The van der Waals surface area contributed by atoms with E-state index in [1.54, 1.807) is 0 Å². The van der Waals surface area contributed by atoms with Crippen molar-refractivity contribution in [1.82, 2.24) is 10.6 Å². The standard InChI is InChI=1S/C15H24N2/c1-12-7-3-4-9-15(12)13(2)17-11-14-8-5-6-10-16-14/h3-4,7,9,13-14,16-17H,5-6,8,10-11H2,1-2H3/t13-,14?/m1/s1. The Hall–Kier alpha value is -0.860. The van der Waals surface area contributed by atoms with Gasteiger partial charge in [-0.3, -0.25) is 0 Å². The highest BCUT2D eigenvalue weighted by Gasteiger charge is 2.14. The normalized spacial score (nSPS) is 22.4. The van der Waals surface area contributed by atoms with E-state index < -0.39 is 0 Å². The SMILES string of the molecule is Cc1ccccc1[C@@H](C)NCC1CCCCN1. The molecule has 1 aliphatic rings. The zero-order chi connectivity index (χ0) is 12.1. The van der Waals surface area contributed by atoms with Gasteiger partial charge in [0.25, 0.3) is 0 Å². The summed E-state index contributed by atoms with van der Waals surface area (Å²) >= 11 is 0. The molecule has 1 saturated heterocycles. The van der Waals surface area contributed by atoms with Crippen molar-refractivity contribution in [3.63, 3.8) is 0 Å². The van der Waals surface area contributed by atoms with Crippen LogP contribution in [0, 0.1) is 6.92 Å². The van der Waals surface area contributed by atoms with E-state index in [2.05, 4.69) is 48.7 Å². The topological polar surface area (TPSA) is 24.1 Å². The monoisotopic (exact) mass is 232 g/mol. The molecule has 2 rings (SSSR count). The molecule has 1 fully saturated rings. The Morgan fingerprint density at radius 2 is 2.18 bits per heavy atom. The lowest BCUT2D eigenvalue weighted by molar-refractivity contribution is 0.371. The van der Waals surface area contributed by atoms with E-state index in [1.165, 1.54) is 36.9 Å². The first-order valence-electron chi connectivity index (χ1n) is 6.79. The number of aryl methyl sites for hydroxylation is 1. The van der Waals surface area contributed by atoms with E-state index in [0.29, 0.717) is 12.1 Å². The van der Waals surface area contributed by atoms with E-state index in [-0.39, 0.29) is 0 Å². The van der Waals surface area contributed by atoms with Gasteiger partial charge in [0.05, 0.1) is 0 Å². The minimum Gasteiger partial charge on any atom is -0.313 e. The summed E-state index contributed by atoms with van der Waals surface area (Å²) in [4.78, 5) is 0. The van der Waals surface area contributed by atoms with Crippen LogP contribution in [0.15, 0.2) is 24.3 Å². The van der Waals surface area contributed by atoms with Crippen LogP contribution >= 0.6 is 0 Å². The predicted octanol–water partition coefficient (Wildman–Crippen LogP) is 2.79. The van der Waals surface area contributed by atoms with Gasteiger partial charge in [-0.15, -0.1) is 0 Å². The van der Waals surface area contributed by atoms with Gasteiger partial charge in [-0.2, -0.15) is 0 Å². The van der Waals surface area contributed by atoms with E-state index in [4.69, 9.17) is 0 Å². The van der Waals surface area contributed by atoms with Gasteiger partial charge in [-0.05, 0) is 44.4 Å². The van der Waals surface area contributed by atoms with Gasteiger partial charge in [-0.1, -0.05) is 30.7 Å². The summed E-state index contributed by atoms with van der Waals surface area (Å²) in [6.07, 6.45) is 4.02. The van der Waals surface area contributed by atoms with Crippen molar-refractivity contribution in [3.05, 3.63) is 35.4 Å². The maximum Gasteiger partial charge on any atom is 0.0295 e. The van der Waals surface area contributed by atoms with Crippen molar-refractivity contribution >= 4 is 0 Å². The molecule has 2 nitrogen and oxygen atoms in total. The first kappa shape index (κ1) is 12.6. The molecule has 2 atom stereocenters. The van der Waals surface area contributed by atoms with Crippen molar-refractivity contribution in [2.24, 2.45) is 0 Å². The second-order valence-electron chi connectivity index (χ2n) is 5.13. The lowest BCUT2D eigenvalue weighted by atomic mass is 10.0. The van der Waals surface area contributed by atoms with E-state index in [0.717, 1.165) is 6.54 Å². The molecule has 1 aromatic carbocycles. The number of benzene rings is 1. The molecule has 0 amide bonds. The van der Waals surface area contributed by atoms with Gasteiger partial charge in [-0.25, -0.2) is 0 Å². The van der Waals surface area contributed by atoms with Crippen LogP contribution in [0.3, 0.4) is 0 Å². The fourth-order valence-corrected chi connectivity index (χ4v) is 2.60. The summed E-state index contributed by atoms with van der Waals surface area (Å²) in [5.74, 6) is 0. The van der Waals surface area contributed by atoms with Gasteiger partial charge in [0.15, 0.2) is 0 Å². The second kappa shape index (κ2) is 6.18. The van der Waals surface area contributed by atoms with E-state index in [9.17, 15) is 0 Å². The first-order valence-corrected chi connectivity index (χ1v) is 6.79. The van der Waals surface area contributed by atoms with Gasteiger partial charge >= 0.3 is 0 Å². The Morgan fingerprint density at radius 3 is 2.88 bits per heavy atom. The molecule has 1 unspecified atom stereocenters. The zero-order valence-electron chi connectivity index (χ0n) is 11.0. The Morgan fingerprint density at radius 1 is 1.35 bits per heavy atom. The van der Waals surface area contributed by atoms with Crippen LogP contribution in [0.5, 0.6) is 0 Å². The summed E-state index contributed by atoms with van der Waals surface area (Å²) in [5, 5.41) is 7.22. The Kier molecular flexibility index (Phi) is 4.57. The van der Waals surface area contributed by atoms with Crippen molar-refractivity contribution in [3.8, 4) is 0 Å². The van der Waals surface area contributed by atoms with Crippen molar-refractivity contribution in [1.29, 1.82) is 0 Å². The first-order chi connectivity index (χ1) is 8.27. The molecule has 0 bridgehead atoms. The maximum atomic E-state index is 3.65. The summed E-state index contributed by atoms with van der Waals surface area (Å²) in [6, 6.07) is 9.75. The highest BCUT2D eigenvalue weighted by Crippen LogP contribution is 2.17. The molecular formula is C15H24N2. The fraction of sp³-hybridized carbons (Fsp3) is 0.600. The lowest BCUT2D eigenvalue weighted by Crippen LogP contribution is -2.42. The largest absolute Gasteiger partial charge is 0.313 e. The molecule has 0 spiro atoms. The Balaban J connectivity index is 1.84. The number of rotatable bonds is 4. The highest BCUT2D eigenvalue weighted by molar-refractivity contribution is 5.28. The summed E-state index contributed by atoms with van der Waals surface area (Å²) in [6.45, 7) is 6.71. The average Bonchev–Trinajstić information content (AvgIpc) is 2.38. The van der Waals surface area contributed by atoms with Crippen LogP contribution in [-0.2, 0) is 0 Å². The molecular weight excluding hydrogens is 208 g/mol. The van der Waals surface area contributed by atoms with Gasteiger partial charge < -0.3 is 10.6 Å². The zero-order valence-corrected chi connectivity index (χ0v) is 11.0. The molecule has 17 heavy (non-hydrogen) atoms. The van der Waals surface area contributed by atoms with Crippen LogP contribution in [-0.4, -0.2) is 19.1 Å². The molecule has 0 saturated carbocycles. The van der Waals surface area contributed by atoms with Gasteiger partial charge in [0, 0.05) is 18.6 Å². The maximum absolute atomic E-state index is 3.65. The van der Waals surface area contributed by atoms with Crippen molar-refractivity contribution in [2.75, 3.05) is 13.1 Å². The fourth-order valence-electron chi connectivity index (χ4n) is 2.60. The summed E-state index contributed by atoms with van der Waals surface area (Å²) < 4.78 is 0.